The van der Waals surface area contributed by atoms with Crippen LogP contribution in [-0.4, -0.2) is 59.3 Å². The number of aliphatic hydroxyl groups is 1. The Bertz CT molecular complexity index is 2010. The smallest absolute Gasteiger partial charge is 0.442 e. The van der Waals surface area contributed by atoms with Gasteiger partial charge in [-0.1, -0.05) is 41.4 Å². The summed E-state index contributed by atoms with van der Waals surface area (Å²) in [6.45, 7) is 3.16. The fraction of sp³-hybridized carbons (Fsp3) is 0.207. The van der Waals surface area contributed by atoms with Crippen molar-refractivity contribution in [1.82, 2.24) is 9.97 Å². The molecule has 0 saturated carbocycles. The minimum absolute atomic E-state index is 0.0256. The summed E-state index contributed by atoms with van der Waals surface area (Å²) in [6.07, 6.45) is 1.79. The number of hydrogen-bond donors (Lipinski definition) is 4. The van der Waals surface area contributed by atoms with Crippen LogP contribution in [0.1, 0.15) is 13.8 Å². The molecule has 4 aromatic rings. The Balaban J connectivity index is 1.64. The van der Waals surface area contributed by atoms with Crippen LogP contribution in [0.15, 0.2) is 81.0 Å². The number of rotatable bonds is 11. The molecule has 0 bridgehead atoms. The van der Waals surface area contributed by atoms with E-state index in [4.69, 9.17) is 27.9 Å². The summed E-state index contributed by atoms with van der Waals surface area (Å²) >= 11 is 12.0. The normalized spacial score (nSPS) is 13.3. The molecule has 0 aliphatic rings. The Hall–Kier alpha value is -4.02. The molecule has 0 spiro atoms. The number of nitrogens with one attached hydrogen (secondary N) is 3. The predicted molar refractivity (Wildman–Crippen MR) is 176 cm³/mol. The molecular formula is C29H29Cl2FN6O6S2. The lowest BCUT2D eigenvalue weighted by Crippen LogP contribution is -2.21. The minimum atomic E-state index is -4.28. The Kier molecular flexibility index (Phi) is 11.1. The highest BCUT2D eigenvalue weighted by Crippen LogP contribution is 2.33. The van der Waals surface area contributed by atoms with Crippen LogP contribution in [0.25, 0.3) is 11.1 Å². The average Bonchev–Trinajstić information content (AvgIpc) is 2.99. The summed E-state index contributed by atoms with van der Waals surface area (Å²) in [5.74, 6) is -0.567. The van der Waals surface area contributed by atoms with E-state index in [1.165, 1.54) is 48.9 Å². The summed E-state index contributed by atoms with van der Waals surface area (Å²) in [5.41, 5.74) is 0.742. The van der Waals surface area contributed by atoms with Gasteiger partial charge in [-0.05, 0) is 61.9 Å². The molecule has 0 unspecified atom stereocenters. The number of amides is 1. The molecule has 1 amide bonds. The van der Waals surface area contributed by atoms with E-state index in [2.05, 4.69) is 29.7 Å². The van der Waals surface area contributed by atoms with Gasteiger partial charge in [-0.3, -0.25) is 4.72 Å². The van der Waals surface area contributed by atoms with Gasteiger partial charge >= 0.3 is 6.09 Å². The van der Waals surface area contributed by atoms with Crippen molar-refractivity contribution >= 4 is 72.2 Å². The molecule has 12 nitrogen and oxygen atoms in total. The van der Waals surface area contributed by atoms with E-state index in [9.17, 15) is 22.5 Å². The van der Waals surface area contributed by atoms with E-state index in [1.807, 2.05) is 0 Å². The van der Waals surface area contributed by atoms with E-state index in [0.29, 0.717) is 16.8 Å². The molecule has 1 heterocycles. The number of carbonyl (C=O) groups excluding carboxylic acids is 1. The molecule has 46 heavy (non-hydrogen) atoms. The Labute approximate surface area is 275 Å². The summed E-state index contributed by atoms with van der Waals surface area (Å²) in [6, 6.07) is 13.8. The number of sulfonamides is 1. The molecule has 17 heteroatoms. The van der Waals surface area contributed by atoms with Crippen LogP contribution in [0.5, 0.6) is 0 Å². The maximum atomic E-state index is 15.3. The van der Waals surface area contributed by atoms with Gasteiger partial charge in [0.05, 0.1) is 38.7 Å². The quantitative estimate of drug-likeness (QED) is 0.134. The summed E-state index contributed by atoms with van der Waals surface area (Å²) < 4.78 is 64.8. The Morgan fingerprint density at radius 3 is 2.54 bits per heavy atom. The van der Waals surface area contributed by atoms with Crippen LogP contribution in [-0.2, 0) is 24.5 Å². The highest BCUT2D eigenvalue weighted by molar-refractivity contribution is 7.93. The zero-order valence-corrected chi connectivity index (χ0v) is 27.8. The molecule has 0 aliphatic heterocycles. The highest BCUT2D eigenvalue weighted by atomic mass is 35.5. The second-order valence-electron chi connectivity index (χ2n) is 9.78. The SMILES string of the molecule is CCOC(=O)N=[S@](C)(=O)c1cccc(Nc2ncc(-c3ccc(NS(=O)(=O)c4cccc(Cl)c4Cl)c(F)c3)c(N[C@H](C)CO)n2)c1. The van der Waals surface area contributed by atoms with Gasteiger partial charge in [0.1, 0.15) is 16.5 Å². The zero-order chi connectivity index (χ0) is 33.6. The lowest BCUT2D eigenvalue weighted by Gasteiger charge is -2.17. The third-order valence-electron chi connectivity index (χ3n) is 6.22. The first kappa shape index (κ1) is 34.8. The lowest BCUT2D eigenvalue weighted by atomic mass is 10.1. The van der Waals surface area contributed by atoms with Crippen molar-refractivity contribution in [3.05, 3.63) is 82.7 Å². The van der Waals surface area contributed by atoms with Crippen molar-refractivity contribution in [1.29, 1.82) is 0 Å². The molecule has 0 fully saturated rings. The molecule has 0 radical (unpaired) electrons. The molecule has 244 valence electrons. The largest absolute Gasteiger partial charge is 0.448 e. The number of hydrogen-bond acceptors (Lipinski definition) is 10. The third-order valence-corrected chi connectivity index (χ3v) is 10.2. The standard InChI is InChI=1S/C29H29Cl2FN6O6S2/c1-4-44-29(40)38-45(3,41)20-8-5-7-19(14-20)35-28-33-15-21(27(36-28)34-17(2)16-39)18-11-12-24(23(32)13-18)37-46(42,43)25-10-6-9-22(30)26(25)31/h5-15,17,37,39H,4,16H2,1-3H3,(H2,33,34,35,36)/t17-,45-/m1/s1. The van der Waals surface area contributed by atoms with Gasteiger partial charge in [0.25, 0.3) is 10.0 Å². The molecule has 0 saturated heterocycles. The molecule has 2 atom stereocenters. The second-order valence-corrected chi connectivity index (χ2v) is 14.5. The highest BCUT2D eigenvalue weighted by Gasteiger charge is 2.22. The van der Waals surface area contributed by atoms with E-state index < -0.39 is 37.7 Å². The maximum absolute atomic E-state index is 15.3. The molecule has 0 aliphatic carbocycles. The number of aliphatic hydroxyl groups excluding tert-OH is 1. The first-order chi connectivity index (χ1) is 21.7. The number of ether oxygens (including phenoxy) is 1. The van der Waals surface area contributed by atoms with Gasteiger partial charge in [0, 0.05) is 34.6 Å². The monoisotopic (exact) mass is 710 g/mol. The number of benzene rings is 3. The Morgan fingerprint density at radius 1 is 1.11 bits per heavy atom. The summed E-state index contributed by atoms with van der Waals surface area (Å²) in [5, 5.41) is 15.5. The topological polar surface area (TPSA) is 172 Å². The van der Waals surface area contributed by atoms with Gasteiger partial charge < -0.3 is 20.5 Å². The molecule has 4 N–H and O–H groups in total. The van der Waals surface area contributed by atoms with Crippen molar-refractivity contribution in [2.24, 2.45) is 4.36 Å². The number of nitrogens with zero attached hydrogens (tertiary/aromatic N) is 3. The van der Waals surface area contributed by atoms with Gasteiger partial charge in [0.2, 0.25) is 5.95 Å². The fourth-order valence-corrected chi connectivity index (χ4v) is 6.93. The van der Waals surface area contributed by atoms with Gasteiger partial charge in [-0.2, -0.15) is 4.98 Å². The zero-order valence-electron chi connectivity index (χ0n) is 24.6. The Morgan fingerprint density at radius 2 is 1.85 bits per heavy atom. The number of aromatic nitrogens is 2. The summed E-state index contributed by atoms with van der Waals surface area (Å²) in [4.78, 5) is 20.6. The van der Waals surface area contributed by atoms with Crippen LogP contribution >= 0.6 is 23.2 Å². The minimum Gasteiger partial charge on any atom is -0.448 e. The van der Waals surface area contributed by atoms with Crippen LogP contribution < -0.4 is 15.4 Å². The van der Waals surface area contributed by atoms with Gasteiger partial charge in [-0.15, -0.1) is 4.36 Å². The van der Waals surface area contributed by atoms with Crippen LogP contribution in [0.3, 0.4) is 0 Å². The molecular weight excluding hydrogens is 682 g/mol. The van der Waals surface area contributed by atoms with E-state index in [1.54, 1.807) is 32.0 Å². The van der Waals surface area contributed by atoms with Crippen molar-refractivity contribution in [3.8, 4) is 11.1 Å². The first-order valence-corrected chi connectivity index (χ1v) is 17.7. The van der Waals surface area contributed by atoms with Crippen molar-refractivity contribution < 1.29 is 31.7 Å². The molecule has 3 aromatic carbocycles. The number of anilines is 4. The van der Waals surface area contributed by atoms with Crippen LogP contribution in [0, 0.1) is 5.82 Å². The second kappa shape index (κ2) is 14.6. The van der Waals surface area contributed by atoms with Crippen molar-refractivity contribution in [3.63, 3.8) is 0 Å². The third kappa shape index (κ3) is 8.41. The predicted octanol–water partition coefficient (Wildman–Crippen LogP) is 6.54. The van der Waals surface area contributed by atoms with Crippen LogP contribution in [0.4, 0.5) is 32.3 Å². The van der Waals surface area contributed by atoms with Crippen LogP contribution in [0.2, 0.25) is 10.0 Å². The summed E-state index contributed by atoms with van der Waals surface area (Å²) in [7, 11) is -7.39. The number of halogens is 3. The van der Waals surface area contributed by atoms with Gasteiger partial charge in [0.15, 0.2) is 0 Å². The first-order valence-electron chi connectivity index (χ1n) is 13.5. The van der Waals surface area contributed by atoms with Gasteiger partial charge in [-0.25, -0.2) is 26.8 Å². The fourth-order valence-electron chi connectivity index (χ4n) is 3.98. The van der Waals surface area contributed by atoms with E-state index in [0.717, 1.165) is 6.07 Å². The molecule has 4 rings (SSSR count). The maximum Gasteiger partial charge on any atom is 0.442 e. The molecule has 1 aromatic heterocycles. The van der Waals surface area contributed by atoms with E-state index in [-0.39, 0.29) is 50.5 Å². The van der Waals surface area contributed by atoms with Crippen molar-refractivity contribution in [2.45, 2.75) is 29.7 Å². The van der Waals surface area contributed by atoms with Crippen molar-refractivity contribution in [2.75, 3.05) is 34.8 Å². The van der Waals surface area contributed by atoms with E-state index >= 15 is 4.39 Å². The number of carbonyl (C=O) groups is 1. The average molecular weight is 712 g/mol. The lowest BCUT2D eigenvalue weighted by molar-refractivity contribution is 0.164.